The van der Waals surface area contributed by atoms with Crippen molar-refractivity contribution in [3.05, 3.63) is 29.8 Å². The number of para-hydroxylation sites is 1. The van der Waals surface area contributed by atoms with Gasteiger partial charge in [0.15, 0.2) is 0 Å². The average Bonchev–Trinajstić information content (AvgIpc) is 3.23. The Bertz CT molecular complexity index is 508. The Kier molecular flexibility index (Phi) is 8.17. The Labute approximate surface area is 151 Å². The first kappa shape index (κ1) is 20.1. The Morgan fingerprint density at radius 3 is 2.74 bits per heavy atom. The highest BCUT2D eigenvalue weighted by Crippen LogP contribution is 2.31. The Morgan fingerprint density at radius 2 is 2.00 bits per heavy atom. The first-order valence-corrected chi connectivity index (χ1v) is 8.06. The van der Waals surface area contributed by atoms with Crippen molar-refractivity contribution in [3.63, 3.8) is 0 Å². The summed E-state index contributed by atoms with van der Waals surface area (Å²) in [6.45, 7) is 5.28. The number of halogens is 2. The molecule has 0 spiro atoms. The van der Waals surface area contributed by atoms with Crippen molar-refractivity contribution in [1.82, 2.24) is 10.6 Å². The normalized spacial score (nSPS) is 18.7. The number of fused-ring (bicyclic) bond motifs is 1. The van der Waals surface area contributed by atoms with Gasteiger partial charge in [0.25, 0.3) is 0 Å². The zero-order valence-electron chi connectivity index (χ0n) is 13.6. The number of carbonyl (C=O) groups is 1. The van der Waals surface area contributed by atoms with E-state index in [2.05, 4.69) is 46.7 Å². The molecule has 1 aliphatic heterocycles. The fourth-order valence-electron chi connectivity index (χ4n) is 3.06. The van der Waals surface area contributed by atoms with E-state index in [4.69, 9.17) is 0 Å². The average molecular weight is 360 g/mol. The van der Waals surface area contributed by atoms with E-state index in [-0.39, 0.29) is 30.7 Å². The molecule has 1 fully saturated rings. The molecule has 1 heterocycles. The molecule has 2 aliphatic rings. The van der Waals surface area contributed by atoms with Crippen LogP contribution >= 0.6 is 24.8 Å². The summed E-state index contributed by atoms with van der Waals surface area (Å²) in [5.41, 5.74) is 2.74. The molecule has 1 amide bonds. The van der Waals surface area contributed by atoms with E-state index < -0.39 is 0 Å². The number of hydrogen-bond acceptors (Lipinski definition) is 3. The molecule has 0 radical (unpaired) electrons. The predicted octanol–water partition coefficient (Wildman–Crippen LogP) is 2.40. The minimum absolute atomic E-state index is 0. The molecule has 130 valence electrons. The fraction of sp³-hybridized carbons (Fsp3) is 0.588. The lowest BCUT2D eigenvalue weighted by molar-refractivity contribution is -0.120. The number of nitrogens with zero attached hydrogens (tertiary/aromatic N) is 1. The predicted molar refractivity (Wildman–Crippen MR) is 100 cm³/mol. The summed E-state index contributed by atoms with van der Waals surface area (Å²) in [6.07, 6.45) is 3.74. The van der Waals surface area contributed by atoms with Gasteiger partial charge in [0.2, 0.25) is 5.91 Å². The molecule has 1 aliphatic carbocycles. The second-order valence-corrected chi connectivity index (χ2v) is 6.30. The van der Waals surface area contributed by atoms with Gasteiger partial charge >= 0.3 is 0 Å². The molecule has 1 aromatic rings. The van der Waals surface area contributed by atoms with Crippen molar-refractivity contribution in [2.75, 3.05) is 31.1 Å². The number of nitrogens with one attached hydrogen (secondary N) is 2. The van der Waals surface area contributed by atoms with Gasteiger partial charge in [-0.25, -0.2) is 0 Å². The van der Waals surface area contributed by atoms with Gasteiger partial charge in [0.05, 0.1) is 6.54 Å². The number of hydrogen-bond donors (Lipinski definition) is 2. The number of amides is 1. The molecule has 1 unspecified atom stereocenters. The van der Waals surface area contributed by atoms with Crippen molar-refractivity contribution in [1.29, 1.82) is 0 Å². The second kappa shape index (κ2) is 9.36. The molecule has 1 atom stereocenters. The third kappa shape index (κ3) is 5.55. The lowest BCUT2D eigenvalue weighted by atomic mass is 10.1. The van der Waals surface area contributed by atoms with E-state index in [1.54, 1.807) is 0 Å². The molecule has 2 N–H and O–H groups in total. The van der Waals surface area contributed by atoms with E-state index >= 15 is 0 Å². The fourth-order valence-corrected chi connectivity index (χ4v) is 3.06. The Morgan fingerprint density at radius 1 is 1.26 bits per heavy atom. The van der Waals surface area contributed by atoms with Crippen molar-refractivity contribution in [3.8, 4) is 0 Å². The van der Waals surface area contributed by atoms with Crippen molar-refractivity contribution in [2.45, 2.75) is 32.2 Å². The van der Waals surface area contributed by atoms with E-state index in [1.807, 2.05) is 0 Å². The van der Waals surface area contributed by atoms with Crippen LogP contribution in [0.25, 0.3) is 0 Å². The third-order valence-corrected chi connectivity index (χ3v) is 4.44. The highest BCUT2D eigenvalue weighted by atomic mass is 35.5. The van der Waals surface area contributed by atoms with Crippen molar-refractivity contribution < 1.29 is 4.79 Å². The first-order chi connectivity index (χ1) is 10.2. The highest BCUT2D eigenvalue weighted by molar-refractivity contribution is 5.85. The summed E-state index contributed by atoms with van der Waals surface area (Å²) < 4.78 is 0. The van der Waals surface area contributed by atoms with Gasteiger partial charge < -0.3 is 15.5 Å². The zero-order chi connectivity index (χ0) is 14.7. The number of carbonyl (C=O) groups excluding carboxylic acids is 1. The van der Waals surface area contributed by atoms with Crippen molar-refractivity contribution in [2.24, 2.45) is 5.92 Å². The topological polar surface area (TPSA) is 44.4 Å². The van der Waals surface area contributed by atoms with E-state index in [0.717, 1.165) is 25.4 Å². The van der Waals surface area contributed by atoms with Gasteiger partial charge in [-0.15, -0.1) is 24.8 Å². The summed E-state index contributed by atoms with van der Waals surface area (Å²) in [4.78, 5) is 14.1. The van der Waals surface area contributed by atoms with Crippen LogP contribution in [0, 0.1) is 5.92 Å². The largest absolute Gasteiger partial charge is 0.367 e. The SMILES string of the molecule is CC1Cc2ccccc2N1CCNC(=O)CNCC1CC1.Cl.Cl. The van der Waals surface area contributed by atoms with Crippen LogP contribution in [0.4, 0.5) is 5.69 Å². The summed E-state index contributed by atoms with van der Waals surface area (Å²) in [5.74, 6) is 0.926. The molecular formula is C17H27Cl2N3O. The summed E-state index contributed by atoms with van der Waals surface area (Å²) >= 11 is 0. The van der Waals surface area contributed by atoms with Gasteiger partial charge in [-0.3, -0.25) is 4.79 Å². The van der Waals surface area contributed by atoms with Crippen LogP contribution in [0.5, 0.6) is 0 Å². The monoisotopic (exact) mass is 359 g/mol. The summed E-state index contributed by atoms with van der Waals surface area (Å²) in [7, 11) is 0. The highest BCUT2D eigenvalue weighted by Gasteiger charge is 2.25. The minimum Gasteiger partial charge on any atom is -0.367 e. The maximum atomic E-state index is 11.8. The van der Waals surface area contributed by atoms with E-state index in [1.165, 1.54) is 24.1 Å². The summed E-state index contributed by atoms with van der Waals surface area (Å²) in [6, 6.07) is 9.09. The maximum Gasteiger partial charge on any atom is 0.234 e. The van der Waals surface area contributed by atoms with Gasteiger partial charge in [0.1, 0.15) is 0 Å². The van der Waals surface area contributed by atoms with Gasteiger partial charge in [0, 0.05) is 24.8 Å². The molecule has 0 bridgehead atoms. The van der Waals surface area contributed by atoms with E-state index in [0.29, 0.717) is 19.1 Å². The Hall–Kier alpha value is -0.970. The molecule has 4 nitrogen and oxygen atoms in total. The Balaban J connectivity index is 0.00000132. The molecule has 0 saturated heterocycles. The van der Waals surface area contributed by atoms with E-state index in [9.17, 15) is 4.79 Å². The minimum atomic E-state index is 0. The van der Waals surface area contributed by atoms with Crippen LogP contribution in [0.1, 0.15) is 25.3 Å². The molecular weight excluding hydrogens is 333 g/mol. The van der Waals surface area contributed by atoms with Crippen LogP contribution < -0.4 is 15.5 Å². The van der Waals surface area contributed by atoms with Gasteiger partial charge in [-0.2, -0.15) is 0 Å². The van der Waals surface area contributed by atoms with Crippen molar-refractivity contribution >= 4 is 36.4 Å². The van der Waals surface area contributed by atoms with Crippen LogP contribution in [0.2, 0.25) is 0 Å². The first-order valence-electron chi connectivity index (χ1n) is 8.06. The second-order valence-electron chi connectivity index (χ2n) is 6.30. The summed E-state index contributed by atoms with van der Waals surface area (Å²) in [5, 5.41) is 6.24. The quantitative estimate of drug-likeness (QED) is 0.785. The van der Waals surface area contributed by atoms with Gasteiger partial charge in [-0.1, -0.05) is 18.2 Å². The molecule has 23 heavy (non-hydrogen) atoms. The van der Waals surface area contributed by atoms with Crippen LogP contribution in [0.15, 0.2) is 24.3 Å². The number of benzene rings is 1. The lowest BCUT2D eigenvalue weighted by Crippen LogP contribution is -2.41. The molecule has 1 saturated carbocycles. The standard InChI is InChI=1S/C17H25N3O.2ClH/c1-13-10-15-4-2-3-5-16(15)20(13)9-8-19-17(21)12-18-11-14-6-7-14;;/h2-5,13-14,18H,6-12H2,1H3,(H,19,21);2*1H. The van der Waals surface area contributed by atoms with Crippen LogP contribution in [-0.4, -0.2) is 38.1 Å². The smallest absolute Gasteiger partial charge is 0.234 e. The molecule has 0 aromatic heterocycles. The maximum absolute atomic E-state index is 11.8. The number of rotatable bonds is 7. The van der Waals surface area contributed by atoms with Gasteiger partial charge in [-0.05, 0) is 50.3 Å². The van der Waals surface area contributed by atoms with Crippen LogP contribution in [0.3, 0.4) is 0 Å². The molecule has 6 heteroatoms. The molecule has 3 rings (SSSR count). The van der Waals surface area contributed by atoms with Crippen LogP contribution in [-0.2, 0) is 11.2 Å². The molecule has 1 aromatic carbocycles. The lowest BCUT2D eigenvalue weighted by Gasteiger charge is -2.25. The number of anilines is 1. The third-order valence-electron chi connectivity index (χ3n) is 4.44. The zero-order valence-corrected chi connectivity index (χ0v) is 15.2.